The zero-order valence-electron chi connectivity index (χ0n) is 11.8. The summed E-state index contributed by atoms with van der Waals surface area (Å²) in [6.45, 7) is 3.41. The molecule has 2 N–H and O–H groups in total. The van der Waals surface area contributed by atoms with Crippen LogP contribution in [0, 0.1) is 5.92 Å². The van der Waals surface area contributed by atoms with Gasteiger partial charge in [0.2, 0.25) is 0 Å². The molecule has 2 unspecified atom stereocenters. The van der Waals surface area contributed by atoms with E-state index in [2.05, 4.69) is 28.9 Å². The van der Waals surface area contributed by atoms with Crippen molar-refractivity contribution in [2.24, 2.45) is 11.7 Å². The maximum absolute atomic E-state index is 6.43. The van der Waals surface area contributed by atoms with Crippen LogP contribution in [-0.2, 0) is 0 Å². The molecule has 2 atom stereocenters. The van der Waals surface area contributed by atoms with Gasteiger partial charge in [0.1, 0.15) is 0 Å². The Balaban J connectivity index is 1.83. The summed E-state index contributed by atoms with van der Waals surface area (Å²) < 4.78 is 0. The van der Waals surface area contributed by atoms with Crippen LogP contribution >= 0.6 is 0 Å². The fourth-order valence-electron chi connectivity index (χ4n) is 2.90. The number of hydrogen-bond acceptors (Lipinski definition) is 3. The average molecular weight is 259 g/mol. The van der Waals surface area contributed by atoms with Gasteiger partial charge in [-0.05, 0) is 50.2 Å². The Labute approximate surface area is 116 Å². The average Bonchev–Trinajstić information content (AvgIpc) is 3.31. The summed E-state index contributed by atoms with van der Waals surface area (Å²) in [7, 11) is 0. The first kappa shape index (κ1) is 13.1. The van der Waals surface area contributed by atoms with Crippen molar-refractivity contribution in [3.8, 4) is 0 Å². The molecule has 104 valence electrons. The van der Waals surface area contributed by atoms with Crippen LogP contribution in [0.25, 0.3) is 0 Å². The summed E-state index contributed by atoms with van der Waals surface area (Å²) in [6, 6.07) is 7.46. The smallest absolute Gasteiger partial charge is 0.0676 e. The van der Waals surface area contributed by atoms with Crippen molar-refractivity contribution in [1.82, 2.24) is 9.88 Å². The predicted octanol–water partition coefficient (Wildman–Crippen LogP) is 2.73. The van der Waals surface area contributed by atoms with Crippen LogP contribution in [0.4, 0.5) is 0 Å². The van der Waals surface area contributed by atoms with E-state index in [4.69, 9.17) is 5.73 Å². The van der Waals surface area contributed by atoms with Gasteiger partial charge in [-0.2, -0.15) is 0 Å². The lowest BCUT2D eigenvalue weighted by molar-refractivity contribution is 0.149. The number of aromatic nitrogens is 1. The van der Waals surface area contributed by atoms with Gasteiger partial charge in [0.05, 0.1) is 11.7 Å². The Bertz CT molecular complexity index is 398. The maximum atomic E-state index is 6.43. The highest BCUT2D eigenvalue weighted by molar-refractivity contribution is 5.13. The molecular weight excluding hydrogens is 234 g/mol. The predicted molar refractivity (Wildman–Crippen MR) is 77.7 cm³/mol. The molecule has 1 heterocycles. The molecule has 2 aliphatic rings. The summed E-state index contributed by atoms with van der Waals surface area (Å²) in [4.78, 5) is 7.25. The van der Waals surface area contributed by atoms with Crippen molar-refractivity contribution in [2.75, 3.05) is 6.54 Å². The minimum absolute atomic E-state index is 0.189. The molecule has 0 bridgehead atoms. The largest absolute Gasteiger partial charge is 0.326 e. The molecule has 0 radical (unpaired) electrons. The number of pyridine rings is 1. The van der Waals surface area contributed by atoms with Gasteiger partial charge in [-0.1, -0.05) is 13.0 Å². The fourth-order valence-corrected chi connectivity index (χ4v) is 2.90. The molecule has 2 saturated carbocycles. The van der Waals surface area contributed by atoms with Gasteiger partial charge in [-0.3, -0.25) is 9.88 Å². The van der Waals surface area contributed by atoms with Crippen LogP contribution in [0.5, 0.6) is 0 Å². The zero-order valence-corrected chi connectivity index (χ0v) is 11.8. The highest BCUT2D eigenvalue weighted by atomic mass is 15.2. The second kappa shape index (κ2) is 5.59. The first-order valence-electron chi connectivity index (χ1n) is 7.72. The van der Waals surface area contributed by atoms with E-state index in [9.17, 15) is 0 Å². The van der Waals surface area contributed by atoms with Gasteiger partial charge in [0.25, 0.3) is 0 Å². The molecule has 1 aromatic rings. The Morgan fingerprint density at radius 3 is 2.63 bits per heavy atom. The number of hydrogen-bond donors (Lipinski definition) is 1. The lowest BCUT2D eigenvalue weighted by Gasteiger charge is -2.35. The lowest BCUT2D eigenvalue weighted by atomic mass is 10.00. The third-order valence-corrected chi connectivity index (χ3v) is 4.41. The van der Waals surface area contributed by atoms with Crippen molar-refractivity contribution < 1.29 is 0 Å². The first-order valence-corrected chi connectivity index (χ1v) is 7.72. The van der Waals surface area contributed by atoms with Crippen LogP contribution in [-0.4, -0.2) is 28.5 Å². The summed E-state index contributed by atoms with van der Waals surface area (Å²) >= 11 is 0. The van der Waals surface area contributed by atoms with E-state index >= 15 is 0 Å². The van der Waals surface area contributed by atoms with Crippen LogP contribution in [0.15, 0.2) is 24.4 Å². The standard InChI is InChI=1S/C16H25N3/c1-2-14(17)16(15-5-3-4-10-18-15)19(13-8-9-13)11-12-6-7-12/h3-5,10,12-14,16H,2,6-9,11,17H2,1H3. The van der Waals surface area contributed by atoms with Crippen molar-refractivity contribution in [3.05, 3.63) is 30.1 Å². The van der Waals surface area contributed by atoms with E-state index in [1.54, 1.807) is 0 Å². The highest BCUT2D eigenvalue weighted by Gasteiger charge is 2.40. The van der Waals surface area contributed by atoms with Crippen molar-refractivity contribution in [3.63, 3.8) is 0 Å². The van der Waals surface area contributed by atoms with E-state index in [1.807, 2.05) is 12.3 Å². The van der Waals surface area contributed by atoms with Crippen LogP contribution < -0.4 is 5.73 Å². The monoisotopic (exact) mass is 259 g/mol. The van der Waals surface area contributed by atoms with E-state index in [0.29, 0.717) is 6.04 Å². The molecule has 1 aromatic heterocycles. The topological polar surface area (TPSA) is 42.1 Å². The molecule has 2 fully saturated rings. The molecule has 0 aliphatic heterocycles. The summed E-state index contributed by atoms with van der Waals surface area (Å²) in [6.07, 6.45) is 8.39. The molecule has 0 saturated heterocycles. The maximum Gasteiger partial charge on any atom is 0.0676 e. The van der Waals surface area contributed by atoms with Crippen LogP contribution in [0.2, 0.25) is 0 Å². The minimum atomic E-state index is 0.189. The van der Waals surface area contributed by atoms with Gasteiger partial charge in [0.15, 0.2) is 0 Å². The first-order chi connectivity index (χ1) is 9.29. The van der Waals surface area contributed by atoms with Gasteiger partial charge in [-0.25, -0.2) is 0 Å². The lowest BCUT2D eigenvalue weighted by Crippen LogP contribution is -2.43. The number of rotatable bonds is 7. The van der Waals surface area contributed by atoms with E-state index in [0.717, 1.165) is 24.1 Å². The highest BCUT2D eigenvalue weighted by Crippen LogP contribution is 2.40. The molecule has 0 aromatic carbocycles. The van der Waals surface area contributed by atoms with E-state index in [-0.39, 0.29) is 6.04 Å². The van der Waals surface area contributed by atoms with Crippen molar-refractivity contribution in [2.45, 2.75) is 57.2 Å². The molecule has 3 nitrogen and oxygen atoms in total. The summed E-state index contributed by atoms with van der Waals surface area (Å²) in [5.74, 6) is 0.913. The number of nitrogens with two attached hydrogens (primary N) is 1. The second-order valence-electron chi connectivity index (χ2n) is 6.14. The normalized spacial score (nSPS) is 22.5. The van der Waals surface area contributed by atoms with Gasteiger partial charge < -0.3 is 5.73 Å². The van der Waals surface area contributed by atoms with Crippen LogP contribution in [0.1, 0.15) is 50.8 Å². The summed E-state index contributed by atoms with van der Waals surface area (Å²) in [5.41, 5.74) is 7.59. The SMILES string of the molecule is CCC(N)C(c1ccccn1)N(CC1CC1)C1CC1. The zero-order chi connectivity index (χ0) is 13.2. The summed E-state index contributed by atoms with van der Waals surface area (Å²) in [5, 5.41) is 0. The fraction of sp³-hybridized carbons (Fsp3) is 0.688. The van der Waals surface area contributed by atoms with E-state index in [1.165, 1.54) is 32.2 Å². The van der Waals surface area contributed by atoms with Gasteiger partial charge in [0, 0.05) is 24.8 Å². The molecule has 3 rings (SSSR count). The molecule has 19 heavy (non-hydrogen) atoms. The molecule has 0 spiro atoms. The Morgan fingerprint density at radius 2 is 2.11 bits per heavy atom. The van der Waals surface area contributed by atoms with Crippen LogP contribution in [0.3, 0.4) is 0 Å². The third-order valence-electron chi connectivity index (χ3n) is 4.41. The number of nitrogens with zero attached hydrogens (tertiary/aromatic N) is 2. The minimum Gasteiger partial charge on any atom is -0.326 e. The molecular formula is C16H25N3. The van der Waals surface area contributed by atoms with Crippen molar-refractivity contribution in [1.29, 1.82) is 0 Å². The molecule has 2 aliphatic carbocycles. The van der Waals surface area contributed by atoms with Crippen molar-refractivity contribution >= 4 is 0 Å². The van der Waals surface area contributed by atoms with E-state index < -0.39 is 0 Å². The second-order valence-corrected chi connectivity index (χ2v) is 6.14. The van der Waals surface area contributed by atoms with Gasteiger partial charge >= 0.3 is 0 Å². The van der Waals surface area contributed by atoms with Gasteiger partial charge in [-0.15, -0.1) is 0 Å². The quantitative estimate of drug-likeness (QED) is 0.818. The Kier molecular flexibility index (Phi) is 3.85. The Morgan fingerprint density at radius 1 is 1.32 bits per heavy atom. The third kappa shape index (κ3) is 3.15. The Hall–Kier alpha value is -0.930. The molecule has 0 amide bonds. The molecule has 3 heteroatoms.